The maximum Gasteiger partial charge on any atom is 0.185 e. The second kappa shape index (κ2) is 4.22. The largest absolute Gasteiger partial charge is 0.292 e. The molecule has 1 aliphatic rings. The number of para-hydroxylation sites is 1. The van der Waals surface area contributed by atoms with E-state index < -0.39 is 0 Å². The van der Waals surface area contributed by atoms with Crippen LogP contribution >= 0.6 is 15.9 Å². The summed E-state index contributed by atoms with van der Waals surface area (Å²) in [5, 5.41) is 1.06. The highest BCUT2D eigenvalue weighted by molar-refractivity contribution is 9.10. The lowest BCUT2D eigenvalue weighted by atomic mass is 9.81. The van der Waals surface area contributed by atoms with Crippen molar-refractivity contribution in [1.29, 1.82) is 0 Å². The summed E-state index contributed by atoms with van der Waals surface area (Å²) in [7, 11) is 0. The molecule has 3 rings (SSSR count). The first kappa shape index (κ1) is 10.9. The van der Waals surface area contributed by atoms with Crippen molar-refractivity contribution < 1.29 is 4.79 Å². The summed E-state index contributed by atoms with van der Waals surface area (Å²) in [6.45, 7) is 0. The lowest BCUT2D eigenvalue weighted by Crippen LogP contribution is -2.23. The first-order valence-electron chi connectivity index (χ1n) is 5.85. The van der Waals surface area contributed by atoms with Crippen LogP contribution in [0.4, 0.5) is 0 Å². The number of aromatic nitrogens is 1. The van der Waals surface area contributed by atoms with Crippen molar-refractivity contribution in [2.24, 2.45) is 5.92 Å². The van der Waals surface area contributed by atoms with Crippen LogP contribution in [0.25, 0.3) is 10.9 Å². The van der Waals surface area contributed by atoms with E-state index >= 15 is 0 Å². The van der Waals surface area contributed by atoms with Gasteiger partial charge < -0.3 is 0 Å². The van der Waals surface area contributed by atoms with Gasteiger partial charge in [0.2, 0.25) is 0 Å². The summed E-state index contributed by atoms with van der Waals surface area (Å²) in [5.74, 6) is 0.383. The van der Waals surface area contributed by atoms with Gasteiger partial charge in [0.25, 0.3) is 0 Å². The quantitative estimate of drug-likeness (QED) is 0.783. The Hall–Kier alpha value is -1.22. The van der Waals surface area contributed by atoms with Gasteiger partial charge in [0.1, 0.15) is 5.69 Å². The summed E-state index contributed by atoms with van der Waals surface area (Å²) in [5.41, 5.74) is 1.48. The van der Waals surface area contributed by atoms with E-state index in [4.69, 9.17) is 0 Å². The maximum absolute atomic E-state index is 12.2. The molecule has 0 amide bonds. The fourth-order valence-corrected chi connectivity index (χ4v) is 2.66. The smallest absolute Gasteiger partial charge is 0.185 e. The Morgan fingerprint density at radius 2 is 2.06 bits per heavy atom. The lowest BCUT2D eigenvalue weighted by Gasteiger charge is -2.23. The minimum Gasteiger partial charge on any atom is -0.292 e. The van der Waals surface area contributed by atoms with Crippen molar-refractivity contribution in [3.05, 3.63) is 40.5 Å². The van der Waals surface area contributed by atoms with E-state index in [0.717, 1.165) is 28.2 Å². The summed E-state index contributed by atoms with van der Waals surface area (Å²) < 4.78 is 0.813. The van der Waals surface area contributed by atoms with Crippen LogP contribution in [0, 0.1) is 5.92 Å². The van der Waals surface area contributed by atoms with E-state index in [0.29, 0.717) is 5.69 Å². The van der Waals surface area contributed by atoms with Crippen molar-refractivity contribution in [3.8, 4) is 0 Å². The van der Waals surface area contributed by atoms with Crippen molar-refractivity contribution in [3.63, 3.8) is 0 Å². The standard InChI is InChI=1S/C14H12BrNO/c15-11-8-10-4-1-2-7-12(10)16-13(11)14(17)9-5-3-6-9/h1-2,4,7-9H,3,5-6H2. The van der Waals surface area contributed by atoms with Gasteiger partial charge in [-0.15, -0.1) is 0 Å². The molecule has 0 unspecified atom stereocenters. The predicted octanol–water partition coefficient (Wildman–Crippen LogP) is 3.98. The number of Topliss-reactive ketones (excluding diaryl/α,β-unsaturated/α-hetero) is 1. The molecule has 0 spiro atoms. The molecule has 0 atom stereocenters. The number of halogens is 1. The Bertz CT molecular complexity index is 590. The zero-order chi connectivity index (χ0) is 11.8. The highest BCUT2D eigenvalue weighted by Gasteiger charge is 2.28. The summed E-state index contributed by atoms with van der Waals surface area (Å²) >= 11 is 3.46. The minimum absolute atomic E-state index is 0.189. The third kappa shape index (κ3) is 1.89. The average Bonchev–Trinajstić information content (AvgIpc) is 2.25. The normalized spacial score (nSPS) is 15.8. The first-order valence-corrected chi connectivity index (χ1v) is 6.64. The van der Waals surface area contributed by atoms with Crippen LogP contribution in [-0.2, 0) is 0 Å². The van der Waals surface area contributed by atoms with Crippen LogP contribution in [0.15, 0.2) is 34.8 Å². The van der Waals surface area contributed by atoms with E-state index in [1.165, 1.54) is 6.42 Å². The molecule has 0 N–H and O–H groups in total. The summed E-state index contributed by atoms with van der Waals surface area (Å²) in [4.78, 5) is 16.7. The molecule has 0 bridgehead atoms. The number of fused-ring (bicyclic) bond motifs is 1. The molecule has 0 aliphatic heterocycles. The number of hydrogen-bond acceptors (Lipinski definition) is 2. The highest BCUT2D eigenvalue weighted by atomic mass is 79.9. The molecule has 86 valence electrons. The Morgan fingerprint density at radius 1 is 1.29 bits per heavy atom. The van der Waals surface area contributed by atoms with Crippen LogP contribution < -0.4 is 0 Å². The second-order valence-corrected chi connectivity index (χ2v) is 5.36. The summed E-state index contributed by atoms with van der Waals surface area (Å²) in [6, 6.07) is 9.85. The Kier molecular flexibility index (Phi) is 2.71. The topological polar surface area (TPSA) is 30.0 Å². The molecule has 17 heavy (non-hydrogen) atoms. The summed E-state index contributed by atoms with van der Waals surface area (Å²) in [6.07, 6.45) is 3.20. The Labute approximate surface area is 108 Å². The molecule has 3 heteroatoms. The number of benzene rings is 1. The molecule has 1 heterocycles. The third-order valence-corrected chi connectivity index (χ3v) is 3.99. The minimum atomic E-state index is 0.189. The van der Waals surface area contributed by atoms with Crippen LogP contribution in [0.1, 0.15) is 29.8 Å². The van der Waals surface area contributed by atoms with E-state index in [1.54, 1.807) is 0 Å². The first-order chi connectivity index (χ1) is 8.25. The Morgan fingerprint density at radius 3 is 2.76 bits per heavy atom. The van der Waals surface area contributed by atoms with Gasteiger partial charge in [-0.2, -0.15) is 0 Å². The molecule has 1 fully saturated rings. The molecule has 2 aromatic rings. The molecule has 2 nitrogen and oxygen atoms in total. The molecule has 1 aliphatic carbocycles. The van der Waals surface area contributed by atoms with Crippen LogP contribution in [-0.4, -0.2) is 10.8 Å². The van der Waals surface area contributed by atoms with Gasteiger partial charge in [-0.25, -0.2) is 4.98 Å². The number of nitrogens with zero attached hydrogens (tertiary/aromatic N) is 1. The molecule has 0 saturated heterocycles. The lowest BCUT2D eigenvalue weighted by molar-refractivity contribution is 0.0849. The highest BCUT2D eigenvalue weighted by Crippen LogP contribution is 2.32. The molecular weight excluding hydrogens is 278 g/mol. The molecule has 0 radical (unpaired) electrons. The van der Waals surface area contributed by atoms with Crippen LogP contribution in [0.3, 0.4) is 0 Å². The zero-order valence-electron chi connectivity index (χ0n) is 9.32. The monoisotopic (exact) mass is 289 g/mol. The number of ketones is 1. The van der Waals surface area contributed by atoms with Gasteiger partial charge in [-0.3, -0.25) is 4.79 Å². The number of carbonyl (C=O) groups excluding carboxylic acids is 1. The molecule has 1 aromatic heterocycles. The number of carbonyl (C=O) groups is 1. The van der Waals surface area contributed by atoms with Gasteiger partial charge in [-0.1, -0.05) is 24.6 Å². The van der Waals surface area contributed by atoms with Gasteiger partial charge in [-0.05, 0) is 40.9 Å². The number of hydrogen-bond donors (Lipinski definition) is 0. The average molecular weight is 290 g/mol. The number of rotatable bonds is 2. The van der Waals surface area contributed by atoms with E-state index in [1.807, 2.05) is 30.3 Å². The van der Waals surface area contributed by atoms with E-state index in [-0.39, 0.29) is 11.7 Å². The fraction of sp³-hybridized carbons (Fsp3) is 0.286. The zero-order valence-corrected chi connectivity index (χ0v) is 10.9. The molecular formula is C14H12BrNO. The predicted molar refractivity (Wildman–Crippen MR) is 71.1 cm³/mol. The van der Waals surface area contributed by atoms with Gasteiger partial charge in [0.05, 0.1) is 5.52 Å². The van der Waals surface area contributed by atoms with Crippen molar-refractivity contribution in [2.45, 2.75) is 19.3 Å². The van der Waals surface area contributed by atoms with Crippen LogP contribution in [0.5, 0.6) is 0 Å². The van der Waals surface area contributed by atoms with E-state index in [2.05, 4.69) is 20.9 Å². The van der Waals surface area contributed by atoms with Gasteiger partial charge in [0.15, 0.2) is 5.78 Å². The maximum atomic E-state index is 12.2. The van der Waals surface area contributed by atoms with Gasteiger partial charge >= 0.3 is 0 Å². The van der Waals surface area contributed by atoms with Crippen molar-refractivity contribution in [2.75, 3.05) is 0 Å². The second-order valence-electron chi connectivity index (χ2n) is 4.50. The SMILES string of the molecule is O=C(c1nc2ccccc2cc1Br)C1CCC1. The van der Waals surface area contributed by atoms with Gasteiger partial charge in [0, 0.05) is 15.8 Å². The van der Waals surface area contributed by atoms with Crippen LogP contribution in [0.2, 0.25) is 0 Å². The molecule has 1 aromatic carbocycles. The Balaban J connectivity index is 2.09. The fourth-order valence-electron chi connectivity index (χ4n) is 2.13. The number of pyridine rings is 1. The molecule has 1 saturated carbocycles. The van der Waals surface area contributed by atoms with Crippen molar-refractivity contribution in [1.82, 2.24) is 4.98 Å². The van der Waals surface area contributed by atoms with E-state index in [9.17, 15) is 4.79 Å². The van der Waals surface area contributed by atoms with Crippen molar-refractivity contribution >= 4 is 32.6 Å². The third-order valence-electron chi connectivity index (χ3n) is 3.39.